The van der Waals surface area contributed by atoms with Crippen molar-refractivity contribution in [3.63, 3.8) is 0 Å². The molecule has 0 aliphatic rings. The Labute approximate surface area is 94.2 Å². The minimum absolute atomic E-state index is 0.0461. The van der Waals surface area contributed by atoms with Crippen LogP contribution in [0.4, 0.5) is 22.0 Å². The standard InChI is InChI=1S/C11H9F5O/c1-10(12,13)9(6-17)7-3-2-4-8(5-7)11(14,15)16/h2-6,9H,1H3. The predicted molar refractivity (Wildman–Crippen MR) is 50.9 cm³/mol. The van der Waals surface area contributed by atoms with E-state index in [9.17, 15) is 26.7 Å². The average Bonchev–Trinajstić information content (AvgIpc) is 2.15. The number of halogens is 5. The summed E-state index contributed by atoms with van der Waals surface area (Å²) in [7, 11) is 0. The zero-order valence-corrected chi connectivity index (χ0v) is 8.76. The number of carbonyl (C=O) groups is 1. The van der Waals surface area contributed by atoms with Gasteiger partial charge in [-0.1, -0.05) is 18.2 Å². The summed E-state index contributed by atoms with van der Waals surface area (Å²) in [5.41, 5.74) is -1.39. The van der Waals surface area contributed by atoms with Gasteiger partial charge < -0.3 is 4.79 Å². The van der Waals surface area contributed by atoms with Crippen molar-refractivity contribution in [3.8, 4) is 0 Å². The van der Waals surface area contributed by atoms with Crippen LogP contribution in [0.1, 0.15) is 24.0 Å². The highest BCUT2D eigenvalue weighted by Gasteiger charge is 2.37. The Morgan fingerprint density at radius 1 is 1.18 bits per heavy atom. The highest BCUT2D eigenvalue weighted by atomic mass is 19.4. The van der Waals surface area contributed by atoms with E-state index in [1.165, 1.54) is 0 Å². The lowest BCUT2D eigenvalue weighted by Gasteiger charge is -2.19. The Bertz CT molecular complexity index is 405. The number of aldehydes is 1. The lowest BCUT2D eigenvalue weighted by Crippen LogP contribution is -2.24. The molecule has 0 radical (unpaired) electrons. The summed E-state index contributed by atoms with van der Waals surface area (Å²) in [6.45, 7) is 0.492. The number of rotatable bonds is 3. The molecule has 1 nitrogen and oxygen atoms in total. The van der Waals surface area contributed by atoms with Gasteiger partial charge in [-0.3, -0.25) is 0 Å². The van der Waals surface area contributed by atoms with E-state index in [2.05, 4.69) is 0 Å². The second kappa shape index (κ2) is 4.43. The zero-order chi connectivity index (χ0) is 13.3. The molecule has 0 aliphatic carbocycles. The van der Waals surface area contributed by atoms with E-state index in [1.807, 2.05) is 0 Å². The van der Waals surface area contributed by atoms with E-state index in [0.717, 1.165) is 18.2 Å². The maximum atomic E-state index is 13.0. The molecule has 0 amide bonds. The number of carbonyl (C=O) groups excluding carboxylic acids is 1. The van der Waals surface area contributed by atoms with Crippen molar-refractivity contribution in [2.45, 2.75) is 24.9 Å². The highest BCUT2D eigenvalue weighted by molar-refractivity contribution is 5.64. The monoisotopic (exact) mass is 252 g/mol. The summed E-state index contributed by atoms with van der Waals surface area (Å²) < 4.78 is 63.0. The van der Waals surface area contributed by atoms with E-state index in [4.69, 9.17) is 0 Å². The Balaban J connectivity index is 3.19. The van der Waals surface area contributed by atoms with Crippen LogP contribution in [0.3, 0.4) is 0 Å². The summed E-state index contributed by atoms with van der Waals surface area (Å²) in [6.07, 6.45) is -4.66. The lowest BCUT2D eigenvalue weighted by atomic mass is 9.93. The number of alkyl halides is 5. The fraction of sp³-hybridized carbons (Fsp3) is 0.364. The van der Waals surface area contributed by atoms with E-state index < -0.39 is 23.6 Å². The van der Waals surface area contributed by atoms with Crippen molar-refractivity contribution >= 4 is 6.29 Å². The second-order valence-electron chi connectivity index (χ2n) is 3.69. The van der Waals surface area contributed by atoms with Crippen molar-refractivity contribution < 1.29 is 26.7 Å². The number of benzene rings is 1. The molecule has 94 valence electrons. The van der Waals surface area contributed by atoms with Gasteiger partial charge in [0.2, 0.25) is 0 Å². The summed E-state index contributed by atoms with van der Waals surface area (Å²) in [4.78, 5) is 10.6. The van der Waals surface area contributed by atoms with Crippen molar-refractivity contribution in [2.24, 2.45) is 0 Å². The molecule has 17 heavy (non-hydrogen) atoms. The Kier molecular flexibility index (Phi) is 3.54. The van der Waals surface area contributed by atoms with Crippen LogP contribution in [-0.4, -0.2) is 12.2 Å². The van der Waals surface area contributed by atoms with Gasteiger partial charge in [-0.15, -0.1) is 0 Å². The Morgan fingerprint density at radius 2 is 1.76 bits per heavy atom. The average molecular weight is 252 g/mol. The molecule has 0 fully saturated rings. The van der Waals surface area contributed by atoms with Gasteiger partial charge >= 0.3 is 6.18 Å². The van der Waals surface area contributed by atoms with Crippen molar-refractivity contribution in [3.05, 3.63) is 35.4 Å². The molecular formula is C11H9F5O. The van der Waals surface area contributed by atoms with Gasteiger partial charge in [-0.2, -0.15) is 13.2 Å². The molecule has 0 aromatic heterocycles. The van der Waals surface area contributed by atoms with E-state index in [-0.39, 0.29) is 11.8 Å². The van der Waals surface area contributed by atoms with Crippen LogP contribution in [0, 0.1) is 0 Å². The topological polar surface area (TPSA) is 17.1 Å². The smallest absolute Gasteiger partial charge is 0.302 e. The van der Waals surface area contributed by atoms with E-state index in [0.29, 0.717) is 13.0 Å². The van der Waals surface area contributed by atoms with Crippen LogP contribution in [0.5, 0.6) is 0 Å². The highest BCUT2D eigenvalue weighted by Crippen LogP contribution is 2.35. The third-order valence-electron chi connectivity index (χ3n) is 2.26. The first-order chi connectivity index (χ1) is 7.66. The van der Waals surface area contributed by atoms with Gasteiger partial charge in [-0.05, 0) is 11.6 Å². The van der Waals surface area contributed by atoms with Crippen LogP contribution < -0.4 is 0 Å². The molecule has 1 aromatic rings. The molecule has 0 heterocycles. The molecule has 1 aromatic carbocycles. The lowest BCUT2D eigenvalue weighted by molar-refractivity contribution is -0.137. The van der Waals surface area contributed by atoms with Crippen molar-refractivity contribution in [2.75, 3.05) is 0 Å². The van der Waals surface area contributed by atoms with Gasteiger partial charge in [0.1, 0.15) is 12.2 Å². The first kappa shape index (κ1) is 13.6. The normalized spacial score (nSPS) is 14.5. The molecule has 0 bridgehead atoms. The Morgan fingerprint density at radius 3 is 2.18 bits per heavy atom. The van der Waals surface area contributed by atoms with E-state index in [1.54, 1.807) is 0 Å². The summed E-state index contributed by atoms with van der Waals surface area (Å²) in [5.74, 6) is -5.27. The fourth-order valence-corrected chi connectivity index (χ4v) is 1.40. The molecule has 0 N–H and O–H groups in total. The third-order valence-corrected chi connectivity index (χ3v) is 2.26. The van der Waals surface area contributed by atoms with Gasteiger partial charge in [0, 0.05) is 6.92 Å². The van der Waals surface area contributed by atoms with Gasteiger partial charge in [0.05, 0.1) is 5.56 Å². The van der Waals surface area contributed by atoms with Crippen LogP contribution in [0.2, 0.25) is 0 Å². The number of hydrogen-bond donors (Lipinski definition) is 0. The first-order valence-electron chi connectivity index (χ1n) is 4.66. The summed E-state index contributed by atoms with van der Waals surface area (Å²) in [5, 5.41) is 0. The maximum absolute atomic E-state index is 13.0. The number of hydrogen-bond acceptors (Lipinski definition) is 1. The minimum Gasteiger partial charge on any atom is -0.302 e. The molecule has 0 spiro atoms. The second-order valence-corrected chi connectivity index (χ2v) is 3.69. The molecule has 6 heteroatoms. The van der Waals surface area contributed by atoms with Crippen molar-refractivity contribution in [1.29, 1.82) is 0 Å². The molecule has 1 unspecified atom stereocenters. The molecule has 0 saturated heterocycles. The largest absolute Gasteiger partial charge is 0.416 e. The molecule has 1 atom stereocenters. The maximum Gasteiger partial charge on any atom is 0.416 e. The van der Waals surface area contributed by atoms with Gasteiger partial charge in [0.25, 0.3) is 5.92 Å². The molecule has 1 rings (SSSR count). The quantitative estimate of drug-likeness (QED) is 0.593. The Hall–Kier alpha value is -1.46. The predicted octanol–water partition coefficient (Wildman–Crippen LogP) is 3.64. The van der Waals surface area contributed by atoms with Crippen LogP contribution >= 0.6 is 0 Å². The van der Waals surface area contributed by atoms with Crippen LogP contribution in [-0.2, 0) is 11.0 Å². The van der Waals surface area contributed by atoms with E-state index >= 15 is 0 Å². The molecule has 0 saturated carbocycles. The van der Waals surface area contributed by atoms with Crippen LogP contribution in [0.25, 0.3) is 0 Å². The molecule has 0 aliphatic heterocycles. The molecular weight excluding hydrogens is 243 g/mol. The van der Waals surface area contributed by atoms with Gasteiger partial charge in [-0.25, -0.2) is 8.78 Å². The first-order valence-corrected chi connectivity index (χ1v) is 4.66. The van der Waals surface area contributed by atoms with Crippen molar-refractivity contribution in [1.82, 2.24) is 0 Å². The summed E-state index contributed by atoms with van der Waals surface area (Å²) >= 11 is 0. The van der Waals surface area contributed by atoms with Gasteiger partial charge in [0.15, 0.2) is 0 Å². The van der Waals surface area contributed by atoms with Crippen LogP contribution in [0.15, 0.2) is 24.3 Å². The minimum atomic E-state index is -4.62. The SMILES string of the molecule is CC(F)(F)C(C=O)c1cccc(C(F)(F)F)c1. The third kappa shape index (κ3) is 3.25. The zero-order valence-electron chi connectivity index (χ0n) is 8.76. The fourth-order valence-electron chi connectivity index (χ4n) is 1.40. The summed E-state index contributed by atoms with van der Waals surface area (Å²) in [6, 6.07) is 3.40.